The summed E-state index contributed by atoms with van der Waals surface area (Å²) < 4.78 is 3.73. The summed E-state index contributed by atoms with van der Waals surface area (Å²) in [7, 11) is 0. The van der Waals surface area contributed by atoms with Crippen LogP contribution in [0.5, 0.6) is 0 Å². The Kier molecular flexibility index (Phi) is 6.30. The molecule has 4 rings (SSSR count). The zero-order valence-corrected chi connectivity index (χ0v) is 18.6. The molecule has 0 spiro atoms. The molecule has 0 fully saturated rings. The van der Waals surface area contributed by atoms with Gasteiger partial charge in [-0.05, 0) is 38.1 Å². The Morgan fingerprint density at radius 1 is 1.09 bits per heavy atom. The molecule has 34 heavy (non-hydrogen) atoms. The van der Waals surface area contributed by atoms with Crippen LogP contribution in [0.1, 0.15) is 27.4 Å². The van der Waals surface area contributed by atoms with E-state index < -0.39 is 17.2 Å². The molecule has 0 unspecified atom stereocenters. The van der Waals surface area contributed by atoms with Gasteiger partial charge in [0, 0.05) is 30.7 Å². The summed E-state index contributed by atoms with van der Waals surface area (Å²) in [6.45, 7) is 3.77. The molecule has 0 aliphatic rings. The largest absolute Gasteiger partial charge is 0.350 e. The monoisotopic (exact) mass is 462 g/mol. The molecule has 0 saturated carbocycles. The maximum atomic E-state index is 12.7. The lowest BCUT2D eigenvalue weighted by Crippen LogP contribution is -2.41. The highest BCUT2D eigenvalue weighted by atomic mass is 16.2. The van der Waals surface area contributed by atoms with Gasteiger partial charge in [-0.25, -0.2) is 14.2 Å². The van der Waals surface area contributed by atoms with Crippen molar-refractivity contribution in [2.24, 2.45) is 0 Å². The topological polar surface area (TPSA) is 150 Å². The fourth-order valence-electron chi connectivity index (χ4n) is 3.41. The molecule has 12 nitrogen and oxygen atoms in total. The third-order valence-corrected chi connectivity index (χ3v) is 5.04. The lowest BCUT2D eigenvalue weighted by atomic mass is 10.3. The second kappa shape index (κ2) is 9.48. The summed E-state index contributed by atoms with van der Waals surface area (Å²) in [6, 6.07) is 9.96. The van der Waals surface area contributed by atoms with Crippen LogP contribution in [-0.2, 0) is 13.1 Å². The van der Waals surface area contributed by atoms with Crippen molar-refractivity contribution >= 4 is 5.91 Å². The SMILES string of the molecule is Cc1cc(C)n(-c2ccc(=O)n(CCNC(=O)c3c[nH]c(=O)n(Cc4ccccn4)c3=O)n2)n1. The minimum atomic E-state index is -0.742. The number of pyridine rings is 1. The standard InChI is InChI=1S/C22H22N8O4/c1-14-11-15(2)30(26-14)18-6-7-19(31)29(27-18)10-9-24-20(32)17-12-25-22(34)28(21(17)33)13-16-5-3-4-8-23-16/h3-8,11-12H,9-10,13H2,1-2H3,(H,24,32)(H,25,34). The molecule has 0 bridgehead atoms. The first-order valence-corrected chi connectivity index (χ1v) is 10.5. The lowest BCUT2D eigenvalue weighted by molar-refractivity contribution is 0.0949. The van der Waals surface area contributed by atoms with Gasteiger partial charge < -0.3 is 10.3 Å². The zero-order chi connectivity index (χ0) is 24.2. The molecule has 0 aliphatic heterocycles. The van der Waals surface area contributed by atoms with Gasteiger partial charge >= 0.3 is 5.69 Å². The van der Waals surface area contributed by atoms with Crippen molar-refractivity contribution in [3.05, 3.63) is 103 Å². The molecule has 174 valence electrons. The van der Waals surface area contributed by atoms with Crippen LogP contribution in [0.25, 0.3) is 5.82 Å². The number of aromatic nitrogens is 7. The van der Waals surface area contributed by atoms with E-state index in [0.717, 1.165) is 22.2 Å². The summed E-state index contributed by atoms with van der Waals surface area (Å²) in [5.41, 5.74) is 0.217. The highest BCUT2D eigenvalue weighted by Gasteiger charge is 2.15. The second-order valence-corrected chi connectivity index (χ2v) is 7.57. The van der Waals surface area contributed by atoms with Crippen molar-refractivity contribution in [2.45, 2.75) is 26.9 Å². The van der Waals surface area contributed by atoms with Crippen LogP contribution in [0.3, 0.4) is 0 Å². The van der Waals surface area contributed by atoms with Gasteiger partial charge in [-0.2, -0.15) is 5.10 Å². The molecule has 12 heteroatoms. The Hall–Kier alpha value is -4.61. The van der Waals surface area contributed by atoms with E-state index in [0.29, 0.717) is 11.5 Å². The predicted octanol–water partition coefficient (Wildman–Crippen LogP) is -0.231. The van der Waals surface area contributed by atoms with Crippen LogP contribution in [0.15, 0.2) is 63.2 Å². The zero-order valence-electron chi connectivity index (χ0n) is 18.6. The summed E-state index contributed by atoms with van der Waals surface area (Å²) >= 11 is 0. The van der Waals surface area contributed by atoms with E-state index >= 15 is 0 Å². The summed E-state index contributed by atoms with van der Waals surface area (Å²) in [4.78, 5) is 56.2. The molecular weight excluding hydrogens is 440 g/mol. The number of aromatic amines is 1. The third kappa shape index (κ3) is 4.75. The minimum Gasteiger partial charge on any atom is -0.350 e. The molecule has 0 aromatic carbocycles. The summed E-state index contributed by atoms with van der Waals surface area (Å²) in [5.74, 6) is -0.215. The molecular formula is C22H22N8O4. The number of carbonyl (C=O) groups is 1. The predicted molar refractivity (Wildman–Crippen MR) is 122 cm³/mol. The fraction of sp³-hybridized carbons (Fsp3) is 0.227. The van der Waals surface area contributed by atoms with Crippen LogP contribution < -0.4 is 22.1 Å². The van der Waals surface area contributed by atoms with Gasteiger partial charge in [0.2, 0.25) is 0 Å². The van der Waals surface area contributed by atoms with E-state index in [2.05, 4.69) is 25.5 Å². The average Bonchev–Trinajstić information content (AvgIpc) is 3.16. The van der Waals surface area contributed by atoms with Crippen LogP contribution >= 0.6 is 0 Å². The molecule has 1 amide bonds. The molecule has 4 heterocycles. The molecule has 4 aromatic heterocycles. The maximum Gasteiger partial charge on any atom is 0.328 e. The van der Waals surface area contributed by atoms with Crippen LogP contribution in [0.4, 0.5) is 0 Å². The van der Waals surface area contributed by atoms with E-state index in [1.165, 1.54) is 10.7 Å². The van der Waals surface area contributed by atoms with Gasteiger partial charge in [0.25, 0.3) is 17.0 Å². The van der Waals surface area contributed by atoms with Crippen molar-refractivity contribution in [2.75, 3.05) is 6.54 Å². The number of hydrogen-bond donors (Lipinski definition) is 2. The van der Waals surface area contributed by atoms with E-state index in [1.54, 1.807) is 35.1 Å². The Morgan fingerprint density at radius 3 is 2.62 bits per heavy atom. The number of nitrogens with zero attached hydrogens (tertiary/aromatic N) is 6. The molecule has 2 N–H and O–H groups in total. The van der Waals surface area contributed by atoms with Gasteiger partial charge in [-0.3, -0.25) is 23.9 Å². The number of H-pyrrole nitrogens is 1. The first kappa shape index (κ1) is 22.6. The minimum absolute atomic E-state index is 0.0329. The smallest absolute Gasteiger partial charge is 0.328 e. The van der Waals surface area contributed by atoms with Crippen molar-refractivity contribution < 1.29 is 4.79 Å². The van der Waals surface area contributed by atoms with Gasteiger partial charge in [0.05, 0.1) is 24.5 Å². The van der Waals surface area contributed by atoms with Crippen molar-refractivity contribution in [3.8, 4) is 5.82 Å². The van der Waals surface area contributed by atoms with Crippen molar-refractivity contribution in [3.63, 3.8) is 0 Å². The Labute approximate surface area is 192 Å². The fourth-order valence-corrected chi connectivity index (χ4v) is 3.41. The highest BCUT2D eigenvalue weighted by Crippen LogP contribution is 2.07. The van der Waals surface area contributed by atoms with Crippen LogP contribution in [0, 0.1) is 13.8 Å². The Morgan fingerprint density at radius 2 is 1.91 bits per heavy atom. The van der Waals surface area contributed by atoms with Gasteiger partial charge in [-0.1, -0.05) is 6.07 Å². The van der Waals surface area contributed by atoms with Gasteiger partial charge in [0.15, 0.2) is 5.82 Å². The summed E-state index contributed by atoms with van der Waals surface area (Å²) in [5, 5.41) is 11.3. The normalized spacial score (nSPS) is 10.9. The van der Waals surface area contributed by atoms with Crippen LogP contribution in [-0.4, -0.2) is 46.5 Å². The highest BCUT2D eigenvalue weighted by molar-refractivity contribution is 5.93. The quantitative estimate of drug-likeness (QED) is 0.385. The first-order chi connectivity index (χ1) is 16.3. The van der Waals surface area contributed by atoms with E-state index in [9.17, 15) is 19.2 Å². The molecule has 0 radical (unpaired) electrons. The van der Waals surface area contributed by atoms with Crippen molar-refractivity contribution in [1.29, 1.82) is 0 Å². The summed E-state index contributed by atoms with van der Waals surface area (Å²) in [6.07, 6.45) is 2.62. The van der Waals surface area contributed by atoms with E-state index in [1.807, 2.05) is 19.9 Å². The lowest BCUT2D eigenvalue weighted by Gasteiger charge is -2.10. The number of amides is 1. The molecule has 0 aliphatic carbocycles. The number of rotatable bonds is 7. The van der Waals surface area contributed by atoms with E-state index in [4.69, 9.17) is 0 Å². The molecule has 0 atom stereocenters. The number of nitrogens with one attached hydrogen (secondary N) is 2. The molecule has 0 saturated heterocycles. The third-order valence-electron chi connectivity index (χ3n) is 5.04. The maximum absolute atomic E-state index is 12.7. The Balaban J connectivity index is 1.48. The van der Waals surface area contributed by atoms with Gasteiger partial charge in [-0.15, -0.1) is 5.10 Å². The molecule has 4 aromatic rings. The van der Waals surface area contributed by atoms with E-state index in [-0.39, 0.29) is 30.8 Å². The number of carbonyl (C=O) groups excluding carboxylic acids is 1. The van der Waals surface area contributed by atoms with Crippen LogP contribution in [0.2, 0.25) is 0 Å². The first-order valence-electron chi connectivity index (χ1n) is 10.5. The second-order valence-electron chi connectivity index (χ2n) is 7.57. The average molecular weight is 462 g/mol. The Bertz CT molecular complexity index is 1510. The number of aryl methyl sites for hydroxylation is 2. The van der Waals surface area contributed by atoms with Gasteiger partial charge in [0.1, 0.15) is 5.56 Å². The number of hydrogen-bond acceptors (Lipinski definition) is 7. The van der Waals surface area contributed by atoms with Crippen molar-refractivity contribution in [1.82, 2.24) is 39.4 Å².